The molecular weight excluding hydrogens is 468 g/mol. The van der Waals surface area contributed by atoms with Crippen LogP contribution >= 0.6 is 0 Å². The van der Waals surface area contributed by atoms with E-state index in [1.807, 2.05) is 72.8 Å². The van der Waals surface area contributed by atoms with Gasteiger partial charge in [-0.3, -0.25) is 14.4 Å². The Kier molecular flexibility index (Phi) is 9.49. The van der Waals surface area contributed by atoms with Crippen molar-refractivity contribution < 1.29 is 24.2 Å². The Bertz CT molecular complexity index is 1070. The lowest BCUT2D eigenvalue weighted by Crippen LogP contribution is -2.42. The van der Waals surface area contributed by atoms with Gasteiger partial charge in [-0.05, 0) is 43.2 Å². The summed E-state index contributed by atoms with van der Waals surface area (Å²) in [4.78, 5) is 41.3. The first-order chi connectivity index (χ1) is 18.0. The normalized spacial score (nSPS) is 25.1. The molecule has 0 spiro atoms. The van der Waals surface area contributed by atoms with Crippen LogP contribution in [0.5, 0.6) is 0 Å². The van der Waals surface area contributed by atoms with Crippen LogP contribution in [0.15, 0.2) is 72.8 Å². The van der Waals surface area contributed by atoms with E-state index in [-0.39, 0.29) is 49.4 Å². The van der Waals surface area contributed by atoms with Gasteiger partial charge in [-0.2, -0.15) is 0 Å². The second kappa shape index (κ2) is 13.2. The van der Waals surface area contributed by atoms with Gasteiger partial charge in [0.05, 0.1) is 30.5 Å². The number of benzene rings is 2. The fraction of sp³-hybridized carbons (Fsp3) is 0.433. The number of ether oxygens (including phenoxy) is 1. The summed E-state index contributed by atoms with van der Waals surface area (Å²) in [5.41, 5.74) is 1.89. The fourth-order valence-electron chi connectivity index (χ4n) is 5.13. The number of carbonyl (C=O) groups excluding carboxylic acids is 3. The molecule has 2 amide bonds. The first-order valence-corrected chi connectivity index (χ1v) is 13.2. The van der Waals surface area contributed by atoms with Gasteiger partial charge in [0.15, 0.2) is 0 Å². The molecule has 0 aliphatic carbocycles. The second-order valence-corrected chi connectivity index (χ2v) is 9.90. The Morgan fingerprint density at radius 2 is 1.65 bits per heavy atom. The van der Waals surface area contributed by atoms with Crippen molar-refractivity contribution in [1.82, 2.24) is 10.2 Å². The van der Waals surface area contributed by atoms with Gasteiger partial charge in [0.25, 0.3) is 0 Å². The lowest BCUT2D eigenvalue weighted by molar-refractivity contribution is -0.150. The van der Waals surface area contributed by atoms with Crippen molar-refractivity contribution in [3.05, 3.63) is 83.9 Å². The van der Waals surface area contributed by atoms with Crippen LogP contribution in [0.1, 0.15) is 49.3 Å². The Hall–Kier alpha value is -3.45. The highest BCUT2D eigenvalue weighted by Crippen LogP contribution is 2.24. The minimum Gasteiger partial charge on any atom is -0.463 e. The molecule has 0 aromatic heterocycles. The van der Waals surface area contributed by atoms with E-state index < -0.39 is 12.0 Å². The number of nitrogens with one attached hydrogen (secondary N) is 1. The van der Waals surface area contributed by atoms with Gasteiger partial charge >= 0.3 is 5.97 Å². The molecule has 1 fully saturated rings. The number of carbonyl (C=O) groups is 3. The van der Waals surface area contributed by atoms with Crippen molar-refractivity contribution in [3.63, 3.8) is 0 Å². The average molecular weight is 505 g/mol. The number of nitrogens with zero attached hydrogens (tertiary/aromatic N) is 1. The first-order valence-electron chi connectivity index (χ1n) is 13.2. The number of likely N-dealkylation sites (tertiary alicyclic amines) is 1. The summed E-state index contributed by atoms with van der Waals surface area (Å²) in [5, 5.41) is 12.7. The summed E-state index contributed by atoms with van der Waals surface area (Å²) in [6.07, 6.45) is 6.97. The summed E-state index contributed by atoms with van der Waals surface area (Å²) in [6, 6.07) is 18.6. The molecule has 2 aliphatic rings. The summed E-state index contributed by atoms with van der Waals surface area (Å²) >= 11 is 0. The van der Waals surface area contributed by atoms with Crippen LogP contribution in [-0.4, -0.2) is 53.6 Å². The molecule has 0 unspecified atom stereocenters. The number of aliphatic hydroxyl groups excluding tert-OH is 1. The molecule has 0 bridgehead atoms. The largest absolute Gasteiger partial charge is 0.463 e. The molecule has 4 rings (SSSR count). The third kappa shape index (κ3) is 7.29. The third-order valence-corrected chi connectivity index (χ3v) is 7.28. The molecule has 1 saturated heterocycles. The van der Waals surface area contributed by atoms with E-state index in [0.717, 1.165) is 24.0 Å². The molecule has 196 valence electrons. The standard InChI is InChI=1S/C30H36N2O5/c33-20-26-16-9-17-32(26)28(34)19-24-14-7-8-15-25(18-22-10-3-1-4-11-22)30(36)37-21-27(31-29(24)35)23-12-5-2-6-13-23/h1-8,10-13,24-27,33H,9,14-21H2,(H,31,35)/t24-,25+,26+,27+/m1/s1. The smallest absolute Gasteiger partial charge is 0.309 e. The topological polar surface area (TPSA) is 95.9 Å². The number of aliphatic hydroxyl groups is 1. The Balaban J connectivity index is 1.54. The molecule has 4 atom stereocenters. The number of esters is 1. The molecule has 37 heavy (non-hydrogen) atoms. The lowest BCUT2D eigenvalue weighted by atomic mass is 9.94. The number of hydrogen-bond donors (Lipinski definition) is 2. The number of hydrogen-bond acceptors (Lipinski definition) is 5. The summed E-state index contributed by atoms with van der Waals surface area (Å²) in [5.74, 6) is -1.55. The predicted molar refractivity (Wildman–Crippen MR) is 140 cm³/mol. The van der Waals surface area contributed by atoms with E-state index >= 15 is 0 Å². The minimum absolute atomic E-state index is 0.0168. The van der Waals surface area contributed by atoms with Gasteiger partial charge in [0.1, 0.15) is 6.61 Å². The summed E-state index contributed by atoms with van der Waals surface area (Å²) in [7, 11) is 0. The van der Waals surface area contributed by atoms with Gasteiger partial charge in [-0.1, -0.05) is 72.8 Å². The molecule has 0 saturated carbocycles. The van der Waals surface area contributed by atoms with E-state index in [2.05, 4.69) is 5.32 Å². The predicted octanol–water partition coefficient (Wildman–Crippen LogP) is 3.59. The van der Waals surface area contributed by atoms with Crippen LogP contribution in [0.3, 0.4) is 0 Å². The van der Waals surface area contributed by atoms with Crippen molar-refractivity contribution in [1.29, 1.82) is 0 Å². The van der Waals surface area contributed by atoms with Crippen molar-refractivity contribution in [2.75, 3.05) is 19.8 Å². The first kappa shape index (κ1) is 26.6. The molecule has 2 aromatic rings. The van der Waals surface area contributed by atoms with E-state index in [9.17, 15) is 19.5 Å². The van der Waals surface area contributed by atoms with Gasteiger partial charge in [-0.25, -0.2) is 0 Å². The van der Waals surface area contributed by atoms with E-state index in [4.69, 9.17) is 4.74 Å². The SMILES string of the molecule is O=C1N[C@H](c2ccccc2)COC(=O)[C@H](Cc2ccccc2)CC=CC[C@@H]1CC(=O)N1CCC[C@H]1CO. The fourth-order valence-corrected chi connectivity index (χ4v) is 5.13. The van der Waals surface area contributed by atoms with Crippen LogP contribution in [0, 0.1) is 11.8 Å². The van der Waals surface area contributed by atoms with Crippen molar-refractivity contribution in [2.45, 2.75) is 50.6 Å². The Labute approximate surface area is 218 Å². The highest BCUT2D eigenvalue weighted by Gasteiger charge is 2.32. The van der Waals surface area contributed by atoms with Crippen molar-refractivity contribution in [2.24, 2.45) is 11.8 Å². The van der Waals surface area contributed by atoms with Crippen molar-refractivity contribution in [3.8, 4) is 0 Å². The zero-order chi connectivity index (χ0) is 26.0. The van der Waals surface area contributed by atoms with E-state index in [1.165, 1.54) is 0 Å². The summed E-state index contributed by atoms with van der Waals surface area (Å²) in [6.45, 7) is 0.563. The van der Waals surface area contributed by atoms with Gasteiger partial charge in [0, 0.05) is 13.0 Å². The molecule has 7 nitrogen and oxygen atoms in total. The maximum Gasteiger partial charge on any atom is 0.309 e. The Morgan fingerprint density at radius 1 is 0.973 bits per heavy atom. The number of allylic oxidation sites excluding steroid dienone is 2. The lowest BCUT2D eigenvalue weighted by Gasteiger charge is -2.27. The zero-order valence-electron chi connectivity index (χ0n) is 21.1. The molecule has 0 radical (unpaired) electrons. The average Bonchev–Trinajstić information content (AvgIpc) is 3.41. The van der Waals surface area contributed by atoms with E-state index in [1.54, 1.807) is 4.90 Å². The molecule has 2 N–H and O–H groups in total. The second-order valence-electron chi connectivity index (χ2n) is 9.90. The Morgan fingerprint density at radius 3 is 2.35 bits per heavy atom. The number of amides is 2. The highest BCUT2D eigenvalue weighted by molar-refractivity contribution is 5.86. The molecule has 7 heteroatoms. The molecular formula is C30H36N2O5. The van der Waals surface area contributed by atoms with Gasteiger partial charge in [0.2, 0.25) is 11.8 Å². The maximum absolute atomic E-state index is 13.4. The van der Waals surface area contributed by atoms with Crippen LogP contribution < -0.4 is 5.32 Å². The summed E-state index contributed by atoms with van der Waals surface area (Å²) < 4.78 is 5.75. The minimum atomic E-state index is -0.558. The maximum atomic E-state index is 13.4. The van der Waals surface area contributed by atoms with Crippen LogP contribution in [0.25, 0.3) is 0 Å². The van der Waals surface area contributed by atoms with Crippen LogP contribution in [0.4, 0.5) is 0 Å². The third-order valence-electron chi connectivity index (χ3n) is 7.28. The highest BCUT2D eigenvalue weighted by atomic mass is 16.5. The monoisotopic (exact) mass is 504 g/mol. The number of cyclic esters (lactones) is 1. The quantitative estimate of drug-likeness (QED) is 0.463. The van der Waals surface area contributed by atoms with Crippen LogP contribution in [0.2, 0.25) is 0 Å². The van der Waals surface area contributed by atoms with Crippen molar-refractivity contribution >= 4 is 17.8 Å². The van der Waals surface area contributed by atoms with E-state index in [0.29, 0.717) is 25.8 Å². The van der Waals surface area contributed by atoms with Crippen LogP contribution in [-0.2, 0) is 25.5 Å². The number of rotatable bonds is 6. The zero-order valence-corrected chi connectivity index (χ0v) is 21.1. The van der Waals surface area contributed by atoms with Gasteiger partial charge in [-0.15, -0.1) is 0 Å². The molecule has 2 heterocycles. The van der Waals surface area contributed by atoms with Gasteiger partial charge < -0.3 is 20.1 Å². The molecule has 2 aromatic carbocycles. The molecule has 2 aliphatic heterocycles.